The van der Waals surface area contributed by atoms with Gasteiger partial charge in [0, 0.05) is 17.4 Å². The summed E-state index contributed by atoms with van der Waals surface area (Å²) in [5, 5.41) is 8.79. The fourth-order valence-corrected chi connectivity index (χ4v) is 5.62. The van der Waals surface area contributed by atoms with E-state index in [1.807, 2.05) is 51.1 Å². The Balaban J connectivity index is 2.12. The number of carboxylic acids is 1. The molecule has 3 aromatic rings. The van der Waals surface area contributed by atoms with E-state index >= 15 is 0 Å². The van der Waals surface area contributed by atoms with Crippen molar-refractivity contribution in [3.05, 3.63) is 77.2 Å². The maximum Gasteiger partial charge on any atom is 0.310 e. The Labute approximate surface area is 204 Å². The third-order valence-corrected chi connectivity index (χ3v) is 7.55. The maximum atomic E-state index is 13.7. The number of hydrogen-bond donors (Lipinski definition) is 2. The molecule has 0 radical (unpaired) electrons. The molecule has 0 fully saturated rings. The van der Waals surface area contributed by atoms with Gasteiger partial charge in [0.1, 0.15) is 12.2 Å². The number of aromatic nitrogens is 1. The first-order valence-corrected chi connectivity index (χ1v) is 13.4. The highest BCUT2D eigenvalue weighted by atomic mass is 31.2. The van der Waals surface area contributed by atoms with Crippen LogP contribution in [0, 0.1) is 12.7 Å². The Morgan fingerprint density at radius 2 is 1.66 bits per heavy atom. The lowest BCUT2D eigenvalue weighted by atomic mass is 9.87. The van der Waals surface area contributed by atoms with Crippen molar-refractivity contribution < 1.29 is 28.5 Å². The molecule has 1 unspecified atom stereocenters. The summed E-state index contributed by atoms with van der Waals surface area (Å²) in [4.78, 5) is 38.1. The van der Waals surface area contributed by atoms with E-state index in [4.69, 9.17) is 10.1 Å². The van der Waals surface area contributed by atoms with Crippen LogP contribution in [-0.2, 0) is 20.6 Å². The third-order valence-electron chi connectivity index (χ3n) is 5.78. The number of benzene rings is 2. The summed E-state index contributed by atoms with van der Waals surface area (Å²) < 4.78 is 26.5. The number of nitrogens with zero attached hydrogens (tertiary/aromatic N) is 1. The van der Waals surface area contributed by atoms with E-state index < -0.39 is 31.7 Å². The Bertz CT molecular complexity index is 1270. The number of carbonyl (C=O) groups is 2. The maximum absolute atomic E-state index is 13.7. The molecule has 0 aliphatic rings. The Kier molecular flexibility index (Phi) is 8.36. The summed E-state index contributed by atoms with van der Waals surface area (Å²) in [7, 11) is -3.93. The SMILES string of the molecule is Cc1c(-c2ccccc2)nc(C(C)C)c(CCP(=O)(O)CC(=O)CC(=O)O)c1-c1ccc(F)cc1. The number of pyridine rings is 1. The summed E-state index contributed by atoms with van der Waals surface area (Å²) in [6.07, 6.45) is -1.50. The van der Waals surface area contributed by atoms with Crippen molar-refractivity contribution in [2.75, 3.05) is 12.3 Å². The molecule has 35 heavy (non-hydrogen) atoms. The highest BCUT2D eigenvalue weighted by Gasteiger charge is 2.27. The lowest BCUT2D eigenvalue weighted by Gasteiger charge is -2.23. The zero-order valence-corrected chi connectivity index (χ0v) is 20.9. The first-order chi connectivity index (χ1) is 16.5. The molecule has 0 saturated heterocycles. The summed E-state index contributed by atoms with van der Waals surface area (Å²) >= 11 is 0. The van der Waals surface area contributed by atoms with Gasteiger partial charge < -0.3 is 10.00 Å². The van der Waals surface area contributed by atoms with Crippen LogP contribution in [0.4, 0.5) is 4.39 Å². The minimum absolute atomic E-state index is 0.0148. The molecular formula is C27H29FNO5P. The summed E-state index contributed by atoms with van der Waals surface area (Å²) in [5.41, 5.74) is 5.66. The minimum atomic E-state index is -3.93. The van der Waals surface area contributed by atoms with E-state index in [-0.39, 0.29) is 24.3 Å². The zero-order valence-electron chi connectivity index (χ0n) is 20.0. The Morgan fingerprint density at radius 3 is 2.23 bits per heavy atom. The molecule has 0 aliphatic heterocycles. The molecule has 0 saturated carbocycles. The average Bonchev–Trinajstić information content (AvgIpc) is 2.78. The summed E-state index contributed by atoms with van der Waals surface area (Å²) in [6.45, 7) is 5.90. The number of ketones is 1. The van der Waals surface area contributed by atoms with Gasteiger partial charge in [0.25, 0.3) is 0 Å². The van der Waals surface area contributed by atoms with Crippen LogP contribution in [0.5, 0.6) is 0 Å². The highest BCUT2D eigenvalue weighted by Crippen LogP contribution is 2.44. The van der Waals surface area contributed by atoms with Crippen LogP contribution in [0.2, 0.25) is 0 Å². The van der Waals surface area contributed by atoms with Gasteiger partial charge in [0.05, 0.1) is 11.9 Å². The van der Waals surface area contributed by atoms with Crippen LogP contribution in [0.25, 0.3) is 22.4 Å². The average molecular weight is 498 g/mol. The van der Waals surface area contributed by atoms with Gasteiger partial charge in [-0.15, -0.1) is 0 Å². The van der Waals surface area contributed by atoms with Crippen LogP contribution in [0.15, 0.2) is 54.6 Å². The first kappa shape index (κ1) is 26.5. The molecule has 2 N–H and O–H groups in total. The van der Waals surface area contributed by atoms with E-state index in [0.29, 0.717) is 0 Å². The van der Waals surface area contributed by atoms with Crippen molar-refractivity contribution in [1.82, 2.24) is 4.98 Å². The smallest absolute Gasteiger partial charge is 0.310 e. The van der Waals surface area contributed by atoms with Crippen LogP contribution < -0.4 is 0 Å². The van der Waals surface area contributed by atoms with Gasteiger partial charge in [-0.05, 0) is 53.6 Å². The second kappa shape index (κ2) is 11.1. The molecule has 184 valence electrons. The van der Waals surface area contributed by atoms with E-state index in [9.17, 15) is 23.4 Å². The van der Waals surface area contributed by atoms with Gasteiger partial charge in [0.15, 0.2) is 5.78 Å². The number of carboxylic acid groups (broad SMARTS) is 1. The molecule has 1 heterocycles. The normalized spacial score (nSPS) is 13.0. The second-order valence-electron chi connectivity index (χ2n) is 8.94. The van der Waals surface area contributed by atoms with Crippen LogP contribution in [-0.4, -0.2) is 39.1 Å². The molecule has 3 rings (SSSR count). The number of aliphatic carboxylic acids is 1. The highest BCUT2D eigenvalue weighted by molar-refractivity contribution is 7.59. The Morgan fingerprint density at radius 1 is 1.03 bits per heavy atom. The molecule has 0 aliphatic carbocycles. The van der Waals surface area contributed by atoms with Crippen molar-refractivity contribution in [1.29, 1.82) is 0 Å². The van der Waals surface area contributed by atoms with Crippen LogP contribution >= 0.6 is 7.37 Å². The van der Waals surface area contributed by atoms with Crippen molar-refractivity contribution in [2.45, 2.75) is 39.5 Å². The van der Waals surface area contributed by atoms with Gasteiger partial charge in [-0.1, -0.05) is 56.3 Å². The molecule has 1 aromatic heterocycles. The molecule has 8 heteroatoms. The second-order valence-corrected chi connectivity index (χ2v) is 11.4. The molecule has 6 nitrogen and oxygen atoms in total. The number of carbonyl (C=O) groups excluding carboxylic acids is 1. The van der Waals surface area contributed by atoms with Gasteiger partial charge in [-0.25, -0.2) is 4.39 Å². The number of hydrogen-bond acceptors (Lipinski definition) is 4. The fourth-order valence-electron chi connectivity index (χ4n) is 4.23. The largest absolute Gasteiger partial charge is 0.481 e. The zero-order chi connectivity index (χ0) is 25.8. The fraction of sp³-hybridized carbons (Fsp3) is 0.296. The summed E-state index contributed by atoms with van der Waals surface area (Å²) in [6, 6.07) is 15.8. The Hall–Kier alpha value is -3.15. The lowest BCUT2D eigenvalue weighted by molar-refractivity contribution is -0.139. The minimum Gasteiger partial charge on any atom is -0.481 e. The number of rotatable bonds is 10. The van der Waals surface area contributed by atoms with Gasteiger partial charge >= 0.3 is 5.97 Å². The third kappa shape index (κ3) is 6.71. The number of halogens is 1. The lowest BCUT2D eigenvalue weighted by Crippen LogP contribution is -2.14. The van der Waals surface area contributed by atoms with Crippen molar-refractivity contribution >= 4 is 19.1 Å². The monoisotopic (exact) mass is 497 g/mol. The topological polar surface area (TPSA) is 105 Å². The van der Waals surface area contributed by atoms with E-state index in [0.717, 1.165) is 39.2 Å². The predicted octanol–water partition coefficient (Wildman–Crippen LogP) is 5.84. The number of Topliss-reactive ketones (excluding diaryl/α,β-unsaturated/α-hetero) is 1. The van der Waals surface area contributed by atoms with E-state index in [2.05, 4.69) is 0 Å². The summed E-state index contributed by atoms with van der Waals surface area (Å²) in [5.74, 6) is -2.49. The van der Waals surface area contributed by atoms with Crippen molar-refractivity contribution in [2.24, 2.45) is 0 Å². The van der Waals surface area contributed by atoms with Crippen molar-refractivity contribution in [3.63, 3.8) is 0 Å². The molecule has 1 atom stereocenters. The quantitative estimate of drug-likeness (QED) is 0.269. The van der Waals surface area contributed by atoms with Crippen LogP contribution in [0.1, 0.15) is 43.0 Å². The molecule has 0 bridgehead atoms. The molecule has 0 spiro atoms. The molecular weight excluding hydrogens is 468 g/mol. The van der Waals surface area contributed by atoms with Gasteiger partial charge in [0.2, 0.25) is 7.37 Å². The van der Waals surface area contributed by atoms with Gasteiger partial charge in [-0.2, -0.15) is 0 Å². The molecule has 2 aromatic carbocycles. The first-order valence-electron chi connectivity index (χ1n) is 11.4. The van der Waals surface area contributed by atoms with Crippen LogP contribution in [0.3, 0.4) is 0 Å². The van der Waals surface area contributed by atoms with Crippen molar-refractivity contribution in [3.8, 4) is 22.4 Å². The van der Waals surface area contributed by atoms with E-state index in [1.54, 1.807) is 12.1 Å². The predicted molar refractivity (Wildman–Crippen MR) is 134 cm³/mol. The van der Waals surface area contributed by atoms with Gasteiger partial charge in [-0.3, -0.25) is 19.1 Å². The standard InChI is InChI=1S/C27H29FNO5P/c1-17(2)26-23(13-14-35(33,34)16-22(30)15-24(31)32)25(19-9-11-21(28)12-10-19)18(3)27(29-26)20-7-5-4-6-8-20/h4-12,17H,13-16H2,1-3H3,(H,31,32)(H,33,34). The molecule has 0 amide bonds. The van der Waals surface area contributed by atoms with E-state index in [1.165, 1.54) is 12.1 Å².